The van der Waals surface area contributed by atoms with E-state index in [4.69, 9.17) is 0 Å². The average Bonchev–Trinajstić information content (AvgIpc) is 2.67. The molecule has 6 nitrogen and oxygen atoms in total. The second-order valence-electron chi connectivity index (χ2n) is 3.51. The quantitative estimate of drug-likeness (QED) is 0.469. The molecule has 80 valence electrons. The summed E-state index contributed by atoms with van der Waals surface area (Å²) in [5, 5.41) is 0.532. The molecule has 2 heterocycles. The fourth-order valence-electron chi connectivity index (χ4n) is 1.83. The van der Waals surface area contributed by atoms with Gasteiger partial charge in [-0.3, -0.25) is 29.1 Å². The van der Waals surface area contributed by atoms with Crippen molar-refractivity contribution in [2.24, 2.45) is 0 Å². The molecule has 2 aromatic heterocycles. The number of benzene rings is 1. The van der Waals surface area contributed by atoms with Crippen LogP contribution in [0.1, 0.15) is 0 Å². The Morgan fingerprint density at radius 2 is 0.824 bits per heavy atom. The van der Waals surface area contributed by atoms with Crippen LogP contribution in [0.4, 0.5) is 0 Å². The number of aromatic amines is 2. The molecule has 0 amide bonds. The van der Waals surface area contributed by atoms with Crippen LogP contribution in [0.2, 0.25) is 0 Å². The summed E-state index contributed by atoms with van der Waals surface area (Å²) in [7, 11) is 0. The maximum absolute atomic E-state index is 11.3. The molecular weight excluding hydrogens is 251 g/mol. The third-order valence-electron chi connectivity index (χ3n) is 2.59. The second kappa shape index (κ2) is 4.11. The van der Waals surface area contributed by atoms with E-state index < -0.39 is 22.2 Å². The summed E-state index contributed by atoms with van der Waals surface area (Å²) in [5.41, 5.74) is -2.19. The predicted octanol–water partition coefficient (Wildman–Crippen LogP) is -1.68. The standard InChI is InChI=1S/C10H4N2O4.K.H/c13-7-3-1-4-6(10(16)12-8(4)14)2-5(3)9(15)11-7;;/h1-2H,(H,11,13,15)(H,12,14,16);;. The zero-order valence-corrected chi connectivity index (χ0v) is 7.79. The fourth-order valence-corrected chi connectivity index (χ4v) is 1.83. The summed E-state index contributed by atoms with van der Waals surface area (Å²) in [6.07, 6.45) is 0. The molecule has 0 aliphatic heterocycles. The van der Waals surface area contributed by atoms with Gasteiger partial charge >= 0.3 is 51.4 Å². The zero-order chi connectivity index (χ0) is 11.4. The van der Waals surface area contributed by atoms with Gasteiger partial charge in [-0.25, -0.2) is 0 Å². The first-order valence-electron chi connectivity index (χ1n) is 4.47. The monoisotopic (exact) mass is 256 g/mol. The second-order valence-corrected chi connectivity index (χ2v) is 3.51. The van der Waals surface area contributed by atoms with E-state index in [0.29, 0.717) is 0 Å². The number of aromatic nitrogens is 2. The Hall–Kier alpha value is -0.864. The molecule has 0 aliphatic carbocycles. The first-order valence-corrected chi connectivity index (χ1v) is 4.47. The summed E-state index contributed by atoms with van der Waals surface area (Å²) in [4.78, 5) is 49.4. The maximum atomic E-state index is 11.3. The van der Waals surface area contributed by atoms with Gasteiger partial charge in [0.1, 0.15) is 0 Å². The molecule has 7 heteroatoms. The molecule has 17 heavy (non-hydrogen) atoms. The Morgan fingerprint density at radius 3 is 1.06 bits per heavy atom. The summed E-state index contributed by atoms with van der Waals surface area (Å²) in [6.45, 7) is 0. The average molecular weight is 256 g/mol. The van der Waals surface area contributed by atoms with Crippen LogP contribution in [0, 0.1) is 0 Å². The van der Waals surface area contributed by atoms with Crippen molar-refractivity contribution in [2.75, 3.05) is 0 Å². The molecule has 0 atom stereocenters. The minimum atomic E-state index is -0.546. The van der Waals surface area contributed by atoms with Crippen molar-refractivity contribution >= 4 is 72.9 Å². The zero-order valence-electron chi connectivity index (χ0n) is 7.79. The van der Waals surface area contributed by atoms with Crippen LogP contribution in [0.15, 0.2) is 31.3 Å². The van der Waals surface area contributed by atoms with Crippen molar-refractivity contribution < 1.29 is 0 Å². The molecule has 0 saturated carbocycles. The van der Waals surface area contributed by atoms with E-state index in [9.17, 15) is 19.2 Å². The van der Waals surface area contributed by atoms with Crippen LogP contribution in [0.3, 0.4) is 0 Å². The molecular formula is C10H5KN2O4. The van der Waals surface area contributed by atoms with Crippen LogP contribution in [-0.2, 0) is 0 Å². The Morgan fingerprint density at radius 1 is 0.588 bits per heavy atom. The number of hydrogen-bond donors (Lipinski definition) is 2. The molecule has 3 aromatic rings. The molecule has 0 spiro atoms. The molecule has 0 fully saturated rings. The van der Waals surface area contributed by atoms with Crippen molar-refractivity contribution in [2.45, 2.75) is 0 Å². The van der Waals surface area contributed by atoms with Gasteiger partial charge in [-0.05, 0) is 12.1 Å². The van der Waals surface area contributed by atoms with E-state index in [2.05, 4.69) is 9.97 Å². The van der Waals surface area contributed by atoms with Crippen LogP contribution < -0.4 is 22.2 Å². The van der Waals surface area contributed by atoms with Crippen LogP contribution in [-0.4, -0.2) is 61.4 Å². The molecule has 0 radical (unpaired) electrons. The van der Waals surface area contributed by atoms with Crippen molar-refractivity contribution in [3.63, 3.8) is 0 Å². The molecule has 0 unspecified atom stereocenters. The summed E-state index contributed by atoms with van der Waals surface area (Å²) < 4.78 is 0. The Labute approximate surface area is 135 Å². The molecule has 0 saturated heterocycles. The van der Waals surface area contributed by atoms with Crippen LogP contribution in [0.25, 0.3) is 21.5 Å². The van der Waals surface area contributed by atoms with Gasteiger partial charge in [-0.2, -0.15) is 0 Å². The Balaban J connectivity index is 0.00000108. The van der Waals surface area contributed by atoms with Gasteiger partial charge in [0.15, 0.2) is 0 Å². The van der Waals surface area contributed by atoms with Crippen molar-refractivity contribution in [3.05, 3.63) is 53.5 Å². The summed E-state index contributed by atoms with van der Waals surface area (Å²) >= 11 is 0. The number of H-pyrrole nitrogens is 2. The first-order chi connectivity index (χ1) is 7.58. The van der Waals surface area contributed by atoms with Gasteiger partial charge in [0.05, 0.1) is 21.5 Å². The first kappa shape index (κ1) is 12.6. The summed E-state index contributed by atoms with van der Waals surface area (Å²) in [5.74, 6) is 0. The van der Waals surface area contributed by atoms with Gasteiger partial charge in [-0.1, -0.05) is 0 Å². The van der Waals surface area contributed by atoms with Gasteiger partial charge < -0.3 is 0 Å². The molecule has 0 bridgehead atoms. The van der Waals surface area contributed by atoms with Crippen molar-refractivity contribution in [1.29, 1.82) is 0 Å². The van der Waals surface area contributed by atoms with E-state index >= 15 is 0 Å². The summed E-state index contributed by atoms with van der Waals surface area (Å²) in [6, 6.07) is 2.54. The predicted molar refractivity (Wildman–Crippen MR) is 64.8 cm³/mol. The number of fused-ring (bicyclic) bond motifs is 2. The van der Waals surface area contributed by atoms with Gasteiger partial charge in [0, 0.05) is 0 Å². The SMILES string of the molecule is O=c1[nH]c(=O)c2cc3c(=O)[nH]c(=O)c3cc12.[KH]. The molecule has 2 N–H and O–H groups in total. The Kier molecular flexibility index (Phi) is 3.04. The van der Waals surface area contributed by atoms with Crippen molar-refractivity contribution in [3.8, 4) is 0 Å². The van der Waals surface area contributed by atoms with Gasteiger partial charge in [-0.15, -0.1) is 0 Å². The Bertz CT molecular complexity index is 781. The minimum absolute atomic E-state index is 0. The molecule has 0 aliphatic rings. The third-order valence-corrected chi connectivity index (χ3v) is 2.59. The molecule has 3 rings (SSSR count). The molecule has 1 aromatic carbocycles. The van der Waals surface area contributed by atoms with E-state index in [1.54, 1.807) is 0 Å². The topological polar surface area (TPSA) is 99.9 Å². The normalized spacial score (nSPS) is 10.8. The van der Waals surface area contributed by atoms with E-state index in [0.717, 1.165) is 0 Å². The van der Waals surface area contributed by atoms with Gasteiger partial charge in [0.2, 0.25) is 0 Å². The number of rotatable bonds is 0. The van der Waals surface area contributed by atoms with E-state index in [-0.39, 0.29) is 72.9 Å². The van der Waals surface area contributed by atoms with Crippen molar-refractivity contribution in [1.82, 2.24) is 9.97 Å². The number of nitrogens with one attached hydrogen (secondary N) is 2. The number of hydrogen-bond acceptors (Lipinski definition) is 4. The fraction of sp³-hybridized carbons (Fsp3) is 0. The van der Waals surface area contributed by atoms with Crippen LogP contribution in [0.5, 0.6) is 0 Å². The third kappa shape index (κ3) is 1.71. The van der Waals surface area contributed by atoms with E-state index in [1.165, 1.54) is 12.1 Å². The van der Waals surface area contributed by atoms with E-state index in [1.807, 2.05) is 0 Å². The van der Waals surface area contributed by atoms with Crippen LogP contribution >= 0.6 is 0 Å². The van der Waals surface area contributed by atoms with Gasteiger partial charge in [0.25, 0.3) is 22.2 Å².